The highest BCUT2D eigenvalue weighted by molar-refractivity contribution is 6.22. The third kappa shape index (κ3) is 3.79. The van der Waals surface area contributed by atoms with Gasteiger partial charge in [-0.1, -0.05) is 13.0 Å². The second-order valence-corrected chi connectivity index (χ2v) is 7.86. The lowest BCUT2D eigenvalue weighted by atomic mass is 9.76. The van der Waals surface area contributed by atoms with Gasteiger partial charge in [0.15, 0.2) is 12.4 Å². The van der Waals surface area contributed by atoms with Crippen LogP contribution in [0.5, 0.6) is 5.75 Å². The SMILES string of the molecule is C[C@@H]1CC[C@@H]2C(=O)N(c3cccc(OCC(=O)c4ccc(F)cc4)c3)C(=O)[C@@H]2C1. The Bertz CT molecular complexity index is 956. The first-order valence-electron chi connectivity index (χ1n) is 9.83. The van der Waals surface area contributed by atoms with Crippen molar-refractivity contribution in [1.82, 2.24) is 0 Å². The van der Waals surface area contributed by atoms with Crippen LogP contribution in [0.1, 0.15) is 36.5 Å². The van der Waals surface area contributed by atoms with Gasteiger partial charge in [-0.15, -0.1) is 0 Å². The minimum atomic E-state index is -0.412. The number of Topliss-reactive ketones (excluding diaryl/α,β-unsaturated/α-hetero) is 1. The quantitative estimate of drug-likeness (QED) is 0.567. The van der Waals surface area contributed by atoms with Crippen LogP contribution in [0.3, 0.4) is 0 Å². The summed E-state index contributed by atoms with van der Waals surface area (Å²) in [5.74, 6) is -0.632. The number of rotatable bonds is 5. The van der Waals surface area contributed by atoms with Gasteiger partial charge in [-0.05, 0) is 61.6 Å². The average Bonchev–Trinajstić information content (AvgIpc) is 2.96. The molecule has 29 heavy (non-hydrogen) atoms. The number of benzene rings is 2. The van der Waals surface area contributed by atoms with Gasteiger partial charge >= 0.3 is 0 Å². The number of ketones is 1. The third-order valence-electron chi connectivity index (χ3n) is 5.80. The number of carbonyl (C=O) groups excluding carboxylic acids is 3. The Morgan fingerprint density at radius 3 is 2.55 bits per heavy atom. The van der Waals surface area contributed by atoms with Gasteiger partial charge in [0, 0.05) is 11.6 Å². The fourth-order valence-electron chi connectivity index (χ4n) is 4.22. The maximum absolute atomic E-state index is 13.0. The van der Waals surface area contributed by atoms with Crippen molar-refractivity contribution < 1.29 is 23.5 Å². The molecule has 2 aromatic carbocycles. The molecule has 6 heteroatoms. The molecule has 0 bridgehead atoms. The molecule has 3 atom stereocenters. The first-order valence-corrected chi connectivity index (χ1v) is 9.83. The van der Waals surface area contributed by atoms with E-state index < -0.39 is 5.82 Å². The molecular weight excluding hydrogens is 373 g/mol. The standard InChI is InChI=1S/C23H22FNO4/c1-14-5-10-19-20(11-14)23(28)25(22(19)27)17-3-2-4-18(12-17)29-13-21(26)15-6-8-16(24)9-7-15/h2-4,6-9,12,14,19-20H,5,10-11,13H2,1H3/t14-,19+,20-/m1/s1. The summed E-state index contributed by atoms with van der Waals surface area (Å²) < 4.78 is 18.6. The summed E-state index contributed by atoms with van der Waals surface area (Å²) in [5.41, 5.74) is 0.819. The van der Waals surface area contributed by atoms with Crippen molar-refractivity contribution in [3.8, 4) is 5.75 Å². The van der Waals surface area contributed by atoms with Crippen molar-refractivity contribution in [2.75, 3.05) is 11.5 Å². The Balaban J connectivity index is 1.47. The van der Waals surface area contributed by atoms with Gasteiger partial charge in [-0.3, -0.25) is 14.4 Å². The summed E-state index contributed by atoms with van der Waals surface area (Å²) in [6, 6.07) is 11.9. The van der Waals surface area contributed by atoms with Crippen molar-refractivity contribution in [3.63, 3.8) is 0 Å². The first kappa shape index (κ1) is 19.3. The lowest BCUT2D eigenvalue weighted by Crippen LogP contribution is -2.30. The van der Waals surface area contributed by atoms with Gasteiger partial charge in [-0.2, -0.15) is 0 Å². The second kappa shape index (κ2) is 7.78. The smallest absolute Gasteiger partial charge is 0.237 e. The molecular formula is C23H22FNO4. The number of nitrogens with zero attached hydrogens (tertiary/aromatic N) is 1. The van der Waals surface area contributed by atoms with Crippen LogP contribution in [-0.4, -0.2) is 24.2 Å². The van der Waals surface area contributed by atoms with Crippen LogP contribution in [0, 0.1) is 23.6 Å². The molecule has 150 valence electrons. The molecule has 2 amide bonds. The lowest BCUT2D eigenvalue weighted by Gasteiger charge is -2.25. The summed E-state index contributed by atoms with van der Waals surface area (Å²) >= 11 is 0. The van der Waals surface area contributed by atoms with E-state index in [9.17, 15) is 18.8 Å². The van der Waals surface area contributed by atoms with E-state index >= 15 is 0 Å². The summed E-state index contributed by atoms with van der Waals surface area (Å²) in [6.07, 6.45) is 2.45. The molecule has 5 nitrogen and oxygen atoms in total. The number of ether oxygens (including phenoxy) is 1. The van der Waals surface area contributed by atoms with Gasteiger partial charge in [-0.25, -0.2) is 9.29 Å². The molecule has 2 aromatic rings. The maximum atomic E-state index is 13.0. The number of anilines is 1. The highest BCUT2D eigenvalue weighted by atomic mass is 19.1. The van der Waals surface area contributed by atoms with E-state index in [-0.39, 0.29) is 36.0 Å². The zero-order chi connectivity index (χ0) is 20.5. The highest BCUT2D eigenvalue weighted by Crippen LogP contribution is 2.42. The molecule has 1 aliphatic heterocycles. The monoisotopic (exact) mass is 395 g/mol. The van der Waals surface area contributed by atoms with Gasteiger partial charge in [0.2, 0.25) is 11.8 Å². The number of halogens is 1. The summed E-state index contributed by atoms with van der Waals surface area (Å²) in [4.78, 5) is 39.2. The van der Waals surface area contributed by atoms with Crippen LogP contribution in [0.25, 0.3) is 0 Å². The Hall–Kier alpha value is -3.02. The van der Waals surface area contributed by atoms with Crippen molar-refractivity contribution in [1.29, 1.82) is 0 Å². The number of hydrogen-bond donors (Lipinski definition) is 0. The zero-order valence-corrected chi connectivity index (χ0v) is 16.1. The van der Waals surface area contributed by atoms with Crippen LogP contribution in [-0.2, 0) is 9.59 Å². The average molecular weight is 395 g/mol. The third-order valence-corrected chi connectivity index (χ3v) is 5.80. The van der Waals surface area contributed by atoms with Crippen LogP contribution >= 0.6 is 0 Å². The van der Waals surface area contributed by atoms with Crippen molar-refractivity contribution >= 4 is 23.3 Å². The predicted octanol–water partition coefficient (Wildman–Crippen LogP) is 4.01. The molecule has 4 rings (SSSR count). The number of imide groups is 1. The number of hydrogen-bond acceptors (Lipinski definition) is 4. The van der Waals surface area contributed by atoms with Crippen molar-refractivity contribution in [2.45, 2.75) is 26.2 Å². The molecule has 0 N–H and O–H groups in total. The van der Waals surface area contributed by atoms with Gasteiger partial charge < -0.3 is 4.74 Å². The summed E-state index contributed by atoms with van der Waals surface area (Å²) in [5, 5.41) is 0. The van der Waals surface area contributed by atoms with Crippen LogP contribution in [0.15, 0.2) is 48.5 Å². The summed E-state index contributed by atoms with van der Waals surface area (Å²) in [6.45, 7) is 1.89. The topological polar surface area (TPSA) is 63.7 Å². The fraction of sp³-hybridized carbons (Fsp3) is 0.348. The van der Waals surface area contributed by atoms with Crippen LogP contribution in [0.2, 0.25) is 0 Å². The molecule has 1 aliphatic carbocycles. The molecule has 0 radical (unpaired) electrons. The minimum Gasteiger partial charge on any atom is -0.485 e. The zero-order valence-electron chi connectivity index (χ0n) is 16.1. The molecule has 1 saturated carbocycles. The van der Waals surface area contributed by atoms with Gasteiger partial charge in [0.25, 0.3) is 0 Å². The van der Waals surface area contributed by atoms with E-state index in [4.69, 9.17) is 4.74 Å². The molecule has 2 fully saturated rings. The van der Waals surface area contributed by atoms with E-state index in [1.807, 2.05) is 0 Å². The molecule has 0 aromatic heterocycles. The number of fused-ring (bicyclic) bond motifs is 1. The minimum absolute atomic E-state index is 0.147. The first-order chi connectivity index (χ1) is 13.9. The van der Waals surface area contributed by atoms with Gasteiger partial charge in [0.05, 0.1) is 17.5 Å². The second-order valence-electron chi connectivity index (χ2n) is 7.86. The van der Waals surface area contributed by atoms with Crippen molar-refractivity contribution in [2.24, 2.45) is 17.8 Å². The van der Waals surface area contributed by atoms with Crippen LogP contribution < -0.4 is 9.64 Å². The molecule has 1 heterocycles. The molecule has 1 saturated heterocycles. The molecule has 0 spiro atoms. The maximum Gasteiger partial charge on any atom is 0.237 e. The Labute approximate surface area is 168 Å². The van der Waals surface area contributed by atoms with Gasteiger partial charge in [0.1, 0.15) is 11.6 Å². The van der Waals surface area contributed by atoms with E-state index in [0.29, 0.717) is 22.9 Å². The molecule has 2 aliphatic rings. The highest BCUT2D eigenvalue weighted by Gasteiger charge is 2.50. The Morgan fingerprint density at radius 2 is 1.79 bits per heavy atom. The normalized spacial score (nSPS) is 23.8. The van der Waals surface area contributed by atoms with E-state index in [1.54, 1.807) is 24.3 Å². The lowest BCUT2D eigenvalue weighted by molar-refractivity contribution is -0.122. The number of carbonyl (C=O) groups is 3. The molecule has 0 unspecified atom stereocenters. The van der Waals surface area contributed by atoms with Crippen LogP contribution in [0.4, 0.5) is 10.1 Å². The number of amides is 2. The van der Waals surface area contributed by atoms with E-state index in [0.717, 1.165) is 19.3 Å². The Morgan fingerprint density at radius 1 is 1.07 bits per heavy atom. The fourth-order valence-corrected chi connectivity index (χ4v) is 4.22. The van der Waals surface area contributed by atoms with E-state index in [2.05, 4.69) is 6.92 Å². The van der Waals surface area contributed by atoms with E-state index in [1.165, 1.54) is 29.2 Å². The Kier molecular flexibility index (Phi) is 5.18. The largest absolute Gasteiger partial charge is 0.485 e. The predicted molar refractivity (Wildman–Crippen MR) is 105 cm³/mol. The summed E-state index contributed by atoms with van der Waals surface area (Å²) in [7, 11) is 0. The van der Waals surface area contributed by atoms with Crippen molar-refractivity contribution in [3.05, 3.63) is 59.9 Å².